The maximum absolute atomic E-state index is 2.90. The summed E-state index contributed by atoms with van der Waals surface area (Å²) in [6.45, 7) is 0. The van der Waals surface area contributed by atoms with Crippen molar-refractivity contribution in [3.05, 3.63) is 149 Å². The number of hydrogen-bond donors (Lipinski definition) is 0. The fourth-order valence-electron chi connectivity index (χ4n) is 9.91. The Balaban J connectivity index is 1.08. The lowest BCUT2D eigenvalue weighted by Crippen LogP contribution is -2.40. The van der Waals surface area contributed by atoms with E-state index in [4.69, 9.17) is 0 Å². The highest BCUT2D eigenvalue weighted by atomic mass is 15.3. The molecular weight excluding hydrogens is 532 g/mol. The number of fused-ring (bicyclic) bond motifs is 5. The van der Waals surface area contributed by atoms with Crippen molar-refractivity contribution in [1.29, 1.82) is 0 Å². The number of hydrogen-bond acceptors (Lipinski definition) is 2. The number of rotatable bonds is 4. The smallest absolute Gasteiger partial charge is 0.0542 e. The van der Waals surface area contributed by atoms with Crippen molar-refractivity contribution in [2.24, 2.45) is 17.8 Å². The Bertz CT molecular complexity index is 1650. The van der Waals surface area contributed by atoms with E-state index < -0.39 is 0 Å². The molecule has 1 aromatic carbocycles. The third-order valence-electron chi connectivity index (χ3n) is 11.8. The molecule has 222 valence electrons. The molecule has 0 radical (unpaired) electrons. The minimum absolute atomic E-state index is 0.472. The van der Waals surface area contributed by atoms with E-state index in [1.807, 2.05) is 0 Å². The molecule has 2 heteroatoms. The van der Waals surface area contributed by atoms with E-state index in [0.717, 1.165) is 12.8 Å². The van der Waals surface area contributed by atoms with Crippen LogP contribution in [0.1, 0.15) is 69.8 Å². The third-order valence-corrected chi connectivity index (χ3v) is 11.8. The van der Waals surface area contributed by atoms with Gasteiger partial charge in [-0.3, -0.25) is 0 Å². The van der Waals surface area contributed by atoms with Gasteiger partial charge in [0.05, 0.1) is 6.04 Å². The highest BCUT2D eigenvalue weighted by Crippen LogP contribution is 2.56. The Hall–Kier alpha value is -3.78. The minimum atomic E-state index is 0.472. The summed E-state index contributed by atoms with van der Waals surface area (Å²) in [5.41, 5.74) is 12.4. The van der Waals surface area contributed by atoms with E-state index in [0.29, 0.717) is 35.9 Å². The zero-order chi connectivity index (χ0) is 29.0. The lowest BCUT2D eigenvalue weighted by atomic mass is 9.73. The lowest BCUT2D eigenvalue weighted by Gasteiger charge is -2.41. The first-order chi connectivity index (χ1) is 21.8. The molecule has 1 aromatic rings. The van der Waals surface area contributed by atoms with E-state index in [2.05, 4.69) is 119 Å². The first-order valence-corrected chi connectivity index (χ1v) is 17.4. The number of allylic oxidation sites excluding steroid dienone is 15. The fraction of sp³-hybridized carbons (Fsp3) is 0.381. The Morgan fingerprint density at radius 1 is 0.682 bits per heavy atom. The van der Waals surface area contributed by atoms with Gasteiger partial charge >= 0.3 is 0 Å². The first kappa shape index (κ1) is 26.6. The van der Waals surface area contributed by atoms with Crippen molar-refractivity contribution >= 4 is 5.57 Å². The SMILES string of the molecule is C1=CCCC(C2=CC=C(N3C4=C(CC5C6C=CC=CC6N(C6=CC(c7ccccc7)=CCC6)C5C4)C4C=CCCC43)CC2)=C1. The summed E-state index contributed by atoms with van der Waals surface area (Å²) < 4.78 is 0. The van der Waals surface area contributed by atoms with Gasteiger partial charge in [-0.25, -0.2) is 0 Å². The molecule has 2 nitrogen and oxygen atoms in total. The second-order valence-corrected chi connectivity index (χ2v) is 14.0. The monoisotopic (exact) mass is 576 g/mol. The minimum Gasteiger partial charge on any atom is -0.364 e. The van der Waals surface area contributed by atoms with E-state index in [9.17, 15) is 0 Å². The van der Waals surface area contributed by atoms with Crippen molar-refractivity contribution in [2.45, 2.75) is 82.3 Å². The van der Waals surface area contributed by atoms with Crippen LogP contribution in [0.15, 0.2) is 143 Å². The van der Waals surface area contributed by atoms with Crippen LogP contribution in [0.25, 0.3) is 5.57 Å². The molecule has 2 aliphatic heterocycles. The molecule has 0 saturated carbocycles. The highest BCUT2D eigenvalue weighted by Gasteiger charge is 2.54. The van der Waals surface area contributed by atoms with Gasteiger partial charge in [-0.1, -0.05) is 97.2 Å². The maximum Gasteiger partial charge on any atom is 0.0542 e. The Morgan fingerprint density at radius 2 is 1.59 bits per heavy atom. The van der Waals surface area contributed by atoms with Crippen molar-refractivity contribution in [2.75, 3.05) is 0 Å². The van der Waals surface area contributed by atoms with Gasteiger partial charge in [0, 0.05) is 47.4 Å². The molecule has 9 rings (SSSR count). The second kappa shape index (κ2) is 11.0. The van der Waals surface area contributed by atoms with Gasteiger partial charge in [0.1, 0.15) is 0 Å². The molecule has 2 heterocycles. The Labute approximate surface area is 263 Å². The van der Waals surface area contributed by atoms with E-state index in [1.165, 1.54) is 62.5 Å². The summed E-state index contributed by atoms with van der Waals surface area (Å²) in [7, 11) is 0. The molecule has 0 amide bonds. The van der Waals surface area contributed by atoms with Crippen LogP contribution >= 0.6 is 0 Å². The van der Waals surface area contributed by atoms with Crippen LogP contribution in [0.2, 0.25) is 0 Å². The van der Waals surface area contributed by atoms with Crippen LogP contribution in [0.5, 0.6) is 0 Å². The molecule has 0 spiro atoms. The van der Waals surface area contributed by atoms with Crippen LogP contribution in [-0.2, 0) is 0 Å². The number of likely N-dealkylation sites (tertiary alicyclic amines) is 1. The molecule has 8 aliphatic rings. The zero-order valence-electron chi connectivity index (χ0n) is 25.8. The van der Waals surface area contributed by atoms with Gasteiger partial charge in [0.15, 0.2) is 0 Å². The van der Waals surface area contributed by atoms with Crippen molar-refractivity contribution in [3.8, 4) is 0 Å². The Morgan fingerprint density at radius 3 is 2.45 bits per heavy atom. The van der Waals surface area contributed by atoms with Gasteiger partial charge < -0.3 is 9.80 Å². The number of nitrogens with zero attached hydrogens (tertiary/aromatic N) is 2. The summed E-state index contributed by atoms with van der Waals surface area (Å²) in [6.07, 6.45) is 43.6. The summed E-state index contributed by atoms with van der Waals surface area (Å²) in [4.78, 5) is 5.79. The van der Waals surface area contributed by atoms with Crippen LogP contribution < -0.4 is 0 Å². The van der Waals surface area contributed by atoms with Crippen LogP contribution in [0.4, 0.5) is 0 Å². The van der Waals surface area contributed by atoms with E-state index in [1.54, 1.807) is 33.8 Å². The van der Waals surface area contributed by atoms with E-state index in [-0.39, 0.29) is 0 Å². The van der Waals surface area contributed by atoms with Crippen LogP contribution in [-0.4, -0.2) is 27.9 Å². The lowest BCUT2D eigenvalue weighted by molar-refractivity contribution is 0.216. The first-order valence-electron chi connectivity index (χ1n) is 17.4. The zero-order valence-corrected chi connectivity index (χ0v) is 25.8. The second-order valence-electron chi connectivity index (χ2n) is 14.0. The molecule has 0 bridgehead atoms. The molecule has 0 N–H and O–H groups in total. The molecule has 1 fully saturated rings. The number of benzene rings is 1. The predicted octanol–water partition coefficient (Wildman–Crippen LogP) is 9.74. The molecule has 6 aliphatic carbocycles. The van der Waals surface area contributed by atoms with Crippen molar-refractivity contribution < 1.29 is 0 Å². The summed E-state index contributed by atoms with van der Waals surface area (Å²) in [5.74, 6) is 1.87. The van der Waals surface area contributed by atoms with Crippen LogP contribution in [0.3, 0.4) is 0 Å². The van der Waals surface area contributed by atoms with Gasteiger partial charge in [-0.05, 0) is 104 Å². The summed E-state index contributed by atoms with van der Waals surface area (Å²) in [5, 5.41) is 0. The van der Waals surface area contributed by atoms with Gasteiger partial charge in [-0.2, -0.15) is 0 Å². The molecule has 44 heavy (non-hydrogen) atoms. The molecule has 1 saturated heterocycles. The average molecular weight is 577 g/mol. The summed E-state index contributed by atoms with van der Waals surface area (Å²) in [6, 6.07) is 12.6. The average Bonchev–Trinajstić information content (AvgIpc) is 3.60. The Kier molecular flexibility index (Phi) is 6.64. The highest BCUT2D eigenvalue weighted by molar-refractivity contribution is 5.75. The largest absolute Gasteiger partial charge is 0.364 e. The van der Waals surface area contributed by atoms with Crippen molar-refractivity contribution in [1.82, 2.24) is 9.80 Å². The van der Waals surface area contributed by atoms with Crippen molar-refractivity contribution in [3.63, 3.8) is 0 Å². The topological polar surface area (TPSA) is 6.48 Å². The van der Waals surface area contributed by atoms with E-state index >= 15 is 0 Å². The van der Waals surface area contributed by atoms with Gasteiger partial charge in [0.25, 0.3) is 0 Å². The molecular formula is C42H44N2. The fourth-order valence-corrected chi connectivity index (χ4v) is 9.91. The standard InChI is InChI=1S/C42H44N2/c1-3-12-29(13-4-1)31-22-24-33(25-23-31)43-39-20-9-7-18-35(39)37-27-38-36-19-8-10-21-40(36)44(42(38)28-41(37)43)34-17-11-16-32(26-34)30-14-5-2-6-15-30/h1-3,5-8,10,12,14-16,18-19,21-22,24,26,35-36,38-40,42H,4,9,11,13,17,20,23,25,27-28H2. The normalized spacial score (nSPS) is 33.6. The predicted molar refractivity (Wildman–Crippen MR) is 182 cm³/mol. The van der Waals surface area contributed by atoms with Crippen LogP contribution in [0, 0.1) is 17.8 Å². The van der Waals surface area contributed by atoms with Gasteiger partial charge in [-0.15, -0.1) is 0 Å². The van der Waals surface area contributed by atoms with Gasteiger partial charge in [0.2, 0.25) is 0 Å². The third kappa shape index (κ3) is 4.36. The maximum atomic E-state index is 2.90. The molecule has 0 aromatic heterocycles. The molecule has 6 unspecified atom stereocenters. The quantitative estimate of drug-likeness (QED) is 0.329. The summed E-state index contributed by atoms with van der Waals surface area (Å²) >= 11 is 0. The molecule has 6 atom stereocenters.